The Hall–Kier alpha value is -2.22. The van der Waals surface area contributed by atoms with Crippen molar-refractivity contribution < 1.29 is 22.1 Å². The highest BCUT2D eigenvalue weighted by atomic mass is 32.2. The molecule has 0 bridgehead atoms. The fourth-order valence-corrected chi connectivity index (χ4v) is 3.50. The molecular weight excluding hydrogens is 359 g/mol. The molecule has 0 fully saturated rings. The lowest BCUT2D eigenvalue weighted by Gasteiger charge is -2.23. The average molecular weight is 382 g/mol. The lowest BCUT2D eigenvalue weighted by Crippen LogP contribution is -2.44. The zero-order valence-corrected chi connectivity index (χ0v) is 16.5. The van der Waals surface area contributed by atoms with Gasteiger partial charge in [0, 0.05) is 11.5 Å². The molecule has 26 heavy (non-hydrogen) atoms. The molecule has 0 aliphatic heterocycles. The molecule has 1 amide bonds. The van der Waals surface area contributed by atoms with Crippen LogP contribution in [0.15, 0.2) is 33.7 Å². The lowest BCUT2D eigenvalue weighted by molar-refractivity contribution is -0.117. The van der Waals surface area contributed by atoms with E-state index in [1.807, 2.05) is 20.8 Å². The summed E-state index contributed by atoms with van der Waals surface area (Å²) in [5.74, 6) is -0.756. The van der Waals surface area contributed by atoms with Gasteiger partial charge in [0.25, 0.3) is 0 Å². The molecule has 8 heteroatoms. The van der Waals surface area contributed by atoms with E-state index in [9.17, 15) is 17.6 Å². The maximum atomic E-state index is 13.8. The van der Waals surface area contributed by atoms with Gasteiger partial charge in [-0.3, -0.25) is 4.79 Å². The first-order valence-corrected chi connectivity index (χ1v) is 9.54. The number of nitrogens with zero attached hydrogens (tertiary/aromatic N) is 1. The average Bonchev–Trinajstić information content (AvgIpc) is 2.98. The number of amides is 1. The van der Waals surface area contributed by atoms with Crippen LogP contribution in [0.3, 0.4) is 0 Å². The minimum absolute atomic E-state index is 0.123. The summed E-state index contributed by atoms with van der Waals surface area (Å²) in [6, 6.07) is 5.12. The van der Waals surface area contributed by atoms with E-state index in [1.165, 1.54) is 32.9 Å². The molecule has 0 atom stereocenters. The summed E-state index contributed by atoms with van der Waals surface area (Å²) in [5.41, 5.74) is 0.0142. The summed E-state index contributed by atoms with van der Waals surface area (Å²) < 4.78 is 42.8. The van der Waals surface area contributed by atoms with Gasteiger partial charge < -0.3 is 9.84 Å². The van der Waals surface area contributed by atoms with E-state index < -0.39 is 26.3 Å². The second kappa shape index (κ2) is 6.50. The van der Waals surface area contributed by atoms with Crippen molar-refractivity contribution in [3.05, 3.63) is 41.4 Å². The number of hydrogen-bond donors (Lipinski definition) is 1. The molecule has 0 aliphatic carbocycles. The van der Waals surface area contributed by atoms with Crippen molar-refractivity contribution in [3.63, 3.8) is 0 Å². The smallest absolute Gasteiger partial charge is 0.246 e. The van der Waals surface area contributed by atoms with E-state index in [4.69, 9.17) is 4.52 Å². The third-order valence-corrected chi connectivity index (χ3v) is 6.57. The van der Waals surface area contributed by atoms with Gasteiger partial charge in [-0.25, -0.2) is 12.8 Å². The number of nitrogens with one attached hydrogen (secondary N) is 1. The van der Waals surface area contributed by atoms with Crippen molar-refractivity contribution in [2.75, 3.05) is 5.32 Å². The number of carbonyl (C=O) groups excluding carboxylic acids is 1. The minimum Gasteiger partial charge on any atom is -0.359 e. The fourth-order valence-electron chi connectivity index (χ4n) is 2.11. The van der Waals surface area contributed by atoms with Crippen LogP contribution in [0.5, 0.6) is 0 Å². The highest BCUT2D eigenvalue weighted by Crippen LogP contribution is 2.29. The van der Waals surface area contributed by atoms with Crippen molar-refractivity contribution in [3.8, 4) is 0 Å². The first kappa shape index (κ1) is 20.1. The van der Waals surface area contributed by atoms with Gasteiger partial charge in [-0.2, -0.15) is 0 Å². The van der Waals surface area contributed by atoms with Gasteiger partial charge in [0.2, 0.25) is 5.91 Å². The fraction of sp³-hybridized carbons (Fsp3) is 0.444. The molecule has 0 saturated heterocycles. The molecule has 1 heterocycles. The van der Waals surface area contributed by atoms with Crippen LogP contribution in [0.4, 0.5) is 10.2 Å². The van der Waals surface area contributed by atoms with E-state index in [2.05, 4.69) is 10.5 Å². The van der Waals surface area contributed by atoms with Gasteiger partial charge in [0.1, 0.15) is 16.3 Å². The molecule has 1 N–H and O–H groups in total. The van der Waals surface area contributed by atoms with Gasteiger partial charge >= 0.3 is 0 Å². The first-order chi connectivity index (χ1) is 11.8. The molecule has 0 saturated carbocycles. The first-order valence-electron chi connectivity index (χ1n) is 8.06. The van der Waals surface area contributed by atoms with E-state index in [-0.39, 0.29) is 16.1 Å². The van der Waals surface area contributed by atoms with Crippen molar-refractivity contribution in [1.29, 1.82) is 0 Å². The molecule has 1 aromatic heterocycles. The number of anilines is 1. The molecule has 0 spiro atoms. The van der Waals surface area contributed by atoms with Crippen LogP contribution >= 0.6 is 0 Å². The van der Waals surface area contributed by atoms with Crippen LogP contribution in [0, 0.1) is 12.7 Å². The quantitative estimate of drug-likeness (QED) is 0.872. The largest absolute Gasteiger partial charge is 0.359 e. The summed E-state index contributed by atoms with van der Waals surface area (Å²) in [7, 11) is -4.13. The molecule has 1 aromatic carbocycles. The Balaban J connectivity index is 2.31. The van der Waals surface area contributed by atoms with Gasteiger partial charge in [-0.05, 0) is 38.5 Å². The molecular formula is C18H23FN2O4S. The Bertz CT molecular complexity index is 940. The Morgan fingerprint density at radius 3 is 2.27 bits per heavy atom. The number of halogens is 1. The maximum Gasteiger partial charge on any atom is 0.246 e. The molecule has 0 unspecified atom stereocenters. The van der Waals surface area contributed by atoms with Crippen molar-refractivity contribution in [1.82, 2.24) is 5.16 Å². The van der Waals surface area contributed by atoms with Crippen LogP contribution in [-0.4, -0.2) is 24.2 Å². The lowest BCUT2D eigenvalue weighted by atomic mass is 9.93. The minimum atomic E-state index is -4.13. The molecule has 6 nitrogen and oxygen atoms in total. The number of benzene rings is 1. The predicted octanol–water partition coefficient (Wildman–Crippen LogP) is 3.61. The van der Waals surface area contributed by atoms with Gasteiger partial charge in [0.05, 0.1) is 4.90 Å². The van der Waals surface area contributed by atoms with Crippen LogP contribution in [0.1, 0.15) is 45.9 Å². The molecule has 0 aliphatic rings. The highest BCUT2D eigenvalue weighted by Gasteiger charge is 2.43. The van der Waals surface area contributed by atoms with Crippen molar-refractivity contribution in [2.45, 2.75) is 56.6 Å². The van der Waals surface area contributed by atoms with E-state index in [0.717, 1.165) is 6.07 Å². The summed E-state index contributed by atoms with van der Waals surface area (Å²) in [6.45, 7) is 9.81. The number of aryl methyl sites for hydroxylation is 1. The van der Waals surface area contributed by atoms with Crippen LogP contribution < -0.4 is 5.32 Å². The van der Waals surface area contributed by atoms with Crippen LogP contribution in [0.2, 0.25) is 0 Å². The van der Waals surface area contributed by atoms with E-state index in [1.54, 1.807) is 6.07 Å². The molecule has 2 rings (SSSR count). The summed E-state index contributed by atoms with van der Waals surface area (Å²) in [6.07, 6.45) is 0. The molecule has 0 radical (unpaired) electrons. The van der Waals surface area contributed by atoms with Crippen LogP contribution in [-0.2, 0) is 20.0 Å². The topological polar surface area (TPSA) is 89.3 Å². The second-order valence-corrected chi connectivity index (χ2v) is 10.2. The summed E-state index contributed by atoms with van der Waals surface area (Å²) >= 11 is 0. The van der Waals surface area contributed by atoms with E-state index >= 15 is 0 Å². The number of hydrogen-bond acceptors (Lipinski definition) is 5. The summed E-state index contributed by atoms with van der Waals surface area (Å²) in [4.78, 5) is 12.3. The Labute approximate surface area is 152 Å². The number of rotatable bonds is 4. The molecule has 2 aromatic rings. The maximum absolute atomic E-state index is 13.8. The van der Waals surface area contributed by atoms with Gasteiger partial charge in [0.15, 0.2) is 15.7 Å². The Morgan fingerprint density at radius 2 is 1.77 bits per heavy atom. The number of carbonyl (C=O) groups is 1. The monoisotopic (exact) mass is 382 g/mol. The normalized spacial score (nSPS) is 12.9. The van der Waals surface area contributed by atoms with E-state index in [0.29, 0.717) is 11.3 Å². The predicted molar refractivity (Wildman–Crippen MR) is 96.2 cm³/mol. The van der Waals surface area contributed by atoms with Crippen LogP contribution in [0.25, 0.3) is 0 Å². The third-order valence-electron chi connectivity index (χ3n) is 4.16. The Morgan fingerprint density at radius 1 is 1.15 bits per heavy atom. The number of sulfone groups is 1. The molecule has 142 valence electrons. The van der Waals surface area contributed by atoms with Gasteiger partial charge in [-0.15, -0.1) is 0 Å². The zero-order chi connectivity index (χ0) is 19.9. The second-order valence-electron chi connectivity index (χ2n) is 7.71. The third kappa shape index (κ3) is 3.65. The SMILES string of the molecule is Cc1ccc(S(=O)(=O)C(C)(C)C(=O)Nc2cc(C(C)(C)C)on2)cc1F. The van der Waals surface area contributed by atoms with Gasteiger partial charge in [-0.1, -0.05) is 32.0 Å². The zero-order valence-electron chi connectivity index (χ0n) is 15.7. The van der Waals surface area contributed by atoms with Crippen molar-refractivity contribution >= 4 is 21.6 Å². The standard InChI is InChI=1S/C18H23FN2O4S/c1-11-7-8-12(9-13(11)19)26(23,24)18(5,6)16(22)20-15-10-14(25-21-15)17(2,3)4/h7-10H,1-6H3,(H,20,21,22). The number of aromatic nitrogens is 1. The highest BCUT2D eigenvalue weighted by molar-refractivity contribution is 7.93. The summed E-state index contributed by atoms with van der Waals surface area (Å²) in [5, 5.41) is 6.21. The van der Waals surface area contributed by atoms with Crippen molar-refractivity contribution in [2.24, 2.45) is 0 Å². The Kier molecular flexibility index (Phi) is 5.02.